The van der Waals surface area contributed by atoms with Crippen molar-refractivity contribution in [3.05, 3.63) is 43.4 Å². The van der Waals surface area contributed by atoms with E-state index in [1.807, 2.05) is 4.90 Å². The number of carbonyl (C=O) groups is 1. The molecule has 8 heteroatoms. The Morgan fingerprint density at radius 1 is 1.48 bits per heavy atom. The molecule has 3 rings (SSSR count). The maximum atomic E-state index is 12.4. The molecule has 0 bridgehead atoms. The van der Waals surface area contributed by atoms with Crippen LogP contribution >= 0.6 is 11.3 Å². The third kappa shape index (κ3) is 2.98. The molecule has 0 saturated heterocycles. The van der Waals surface area contributed by atoms with E-state index in [9.17, 15) is 14.9 Å². The van der Waals surface area contributed by atoms with Gasteiger partial charge in [-0.15, -0.1) is 11.3 Å². The Bertz CT molecular complexity index is 765. The molecule has 1 aliphatic heterocycles. The van der Waals surface area contributed by atoms with E-state index in [-0.39, 0.29) is 11.6 Å². The van der Waals surface area contributed by atoms with E-state index < -0.39 is 4.92 Å². The molecule has 0 N–H and O–H groups in total. The van der Waals surface area contributed by atoms with Gasteiger partial charge in [-0.05, 0) is 37.3 Å². The smallest absolute Gasteiger partial charge is 0.312 e. The van der Waals surface area contributed by atoms with Crippen molar-refractivity contribution in [3.8, 4) is 0 Å². The lowest BCUT2D eigenvalue weighted by atomic mass is 10.1. The number of rotatable bonds is 4. The first-order valence-electron chi connectivity index (χ1n) is 7.48. The van der Waals surface area contributed by atoms with E-state index in [0.29, 0.717) is 30.9 Å². The molecule has 0 radical (unpaired) electrons. The molecule has 0 aliphatic carbocycles. The maximum Gasteiger partial charge on any atom is 0.312 e. The van der Waals surface area contributed by atoms with Gasteiger partial charge in [0.25, 0.3) is 0 Å². The Kier molecular flexibility index (Phi) is 4.16. The lowest BCUT2D eigenvalue weighted by Crippen LogP contribution is -2.35. The first-order valence-corrected chi connectivity index (χ1v) is 8.36. The standard InChI is InChI=1S/C15H18N4O3S/c1-10-15(19(21)22)11(2)18(16-10)7-4-14(20)17-6-3-13-12(9-17)5-8-23-13/h5,8H,3-4,6-7,9H2,1-2H3. The van der Waals surface area contributed by atoms with E-state index >= 15 is 0 Å². The van der Waals surface area contributed by atoms with Gasteiger partial charge in [0.2, 0.25) is 5.91 Å². The second-order valence-electron chi connectivity index (χ2n) is 5.68. The summed E-state index contributed by atoms with van der Waals surface area (Å²) in [5.74, 6) is 0.0667. The summed E-state index contributed by atoms with van der Waals surface area (Å²) in [4.78, 5) is 26.2. The lowest BCUT2D eigenvalue weighted by Gasteiger charge is -2.27. The predicted molar refractivity (Wildman–Crippen MR) is 86.4 cm³/mol. The highest BCUT2D eigenvalue weighted by molar-refractivity contribution is 7.10. The number of hydrogen-bond donors (Lipinski definition) is 0. The summed E-state index contributed by atoms with van der Waals surface area (Å²) in [7, 11) is 0. The first kappa shape index (κ1) is 15.7. The lowest BCUT2D eigenvalue weighted by molar-refractivity contribution is -0.386. The summed E-state index contributed by atoms with van der Waals surface area (Å²) >= 11 is 1.74. The highest BCUT2D eigenvalue weighted by atomic mass is 32.1. The zero-order valence-electron chi connectivity index (χ0n) is 13.1. The van der Waals surface area contributed by atoms with Gasteiger partial charge < -0.3 is 4.90 Å². The first-order chi connectivity index (χ1) is 11.0. The van der Waals surface area contributed by atoms with Crippen LogP contribution in [0.5, 0.6) is 0 Å². The van der Waals surface area contributed by atoms with E-state index in [2.05, 4.69) is 16.5 Å². The van der Waals surface area contributed by atoms with Crippen LogP contribution in [0.3, 0.4) is 0 Å². The summed E-state index contributed by atoms with van der Waals surface area (Å²) in [6, 6.07) is 2.07. The van der Waals surface area contributed by atoms with Crippen LogP contribution in [-0.2, 0) is 24.3 Å². The number of hydrogen-bond acceptors (Lipinski definition) is 5. The fourth-order valence-corrected chi connectivity index (χ4v) is 3.88. The third-order valence-electron chi connectivity index (χ3n) is 4.22. The van der Waals surface area contributed by atoms with Gasteiger partial charge in [0.1, 0.15) is 11.4 Å². The maximum absolute atomic E-state index is 12.4. The zero-order chi connectivity index (χ0) is 16.6. The molecule has 23 heavy (non-hydrogen) atoms. The quantitative estimate of drug-likeness (QED) is 0.635. The van der Waals surface area contributed by atoms with Gasteiger partial charge in [-0.3, -0.25) is 19.6 Å². The molecule has 7 nitrogen and oxygen atoms in total. The van der Waals surface area contributed by atoms with Crippen LogP contribution in [0, 0.1) is 24.0 Å². The van der Waals surface area contributed by atoms with Gasteiger partial charge in [-0.2, -0.15) is 5.10 Å². The molecule has 0 spiro atoms. The van der Waals surface area contributed by atoms with Gasteiger partial charge in [0.05, 0.1) is 11.5 Å². The van der Waals surface area contributed by atoms with Gasteiger partial charge in [0, 0.05) is 24.4 Å². The van der Waals surface area contributed by atoms with Crippen molar-refractivity contribution in [3.63, 3.8) is 0 Å². The minimum atomic E-state index is -0.418. The van der Waals surface area contributed by atoms with Crippen molar-refractivity contribution >= 4 is 22.9 Å². The molecule has 0 fully saturated rings. The number of amides is 1. The van der Waals surface area contributed by atoms with E-state index in [1.54, 1.807) is 29.9 Å². The Hall–Kier alpha value is -2.22. The monoisotopic (exact) mass is 334 g/mol. The number of aromatic nitrogens is 2. The molecule has 3 heterocycles. The van der Waals surface area contributed by atoms with Crippen LogP contribution in [0.1, 0.15) is 28.2 Å². The van der Waals surface area contributed by atoms with Crippen LogP contribution in [-0.4, -0.2) is 32.1 Å². The fraction of sp³-hybridized carbons (Fsp3) is 0.467. The van der Waals surface area contributed by atoms with E-state index in [1.165, 1.54) is 10.4 Å². The molecule has 2 aromatic heterocycles. The molecule has 122 valence electrons. The minimum absolute atomic E-state index is 0.0401. The molecule has 1 amide bonds. The van der Waals surface area contributed by atoms with Gasteiger partial charge in [0.15, 0.2) is 0 Å². The van der Waals surface area contributed by atoms with Crippen LogP contribution in [0.2, 0.25) is 0 Å². The fourth-order valence-electron chi connectivity index (χ4n) is 2.99. The van der Waals surface area contributed by atoms with Gasteiger partial charge in [-0.1, -0.05) is 0 Å². The topological polar surface area (TPSA) is 81.3 Å². The molecule has 2 aromatic rings. The normalized spacial score (nSPS) is 13.9. The van der Waals surface area contributed by atoms with E-state index in [0.717, 1.165) is 13.0 Å². The van der Waals surface area contributed by atoms with Crippen LogP contribution in [0.4, 0.5) is 5.69 Å². The van der Waals surface area contributed by atoms with Crippen LogP contribution < -0.4 is 0 Å². The van der Waals surface area contributed by atoms with Gasteiger partial charge >= 0.3 is 5.69 Å². The third-order valence-corrected chi connectivity index (χ3v) is 5.25. The van der Waals surface area contributed by atoms with Crippen molar-refractivity contribution in [2.45, 2.75) is 39.8 Å². The summed E-state index contributed by atoms with van der Waals surface area (Å²) in [6.07, 6.45) is 1.21. The van der Waals surface area contributed by atoms with Crippen LogP contribution in [0.25, 0.3) is 0 Å². The van der Waals surface area contributed by atoms with E-state index in [4.69, 9.17) is 0 Å². The Morgan fingerprint density at radius 3 is 2.96 bits per heavy atom. The zero-order valence-corrected chi connectivity index (χ0v) is 13.9. The summed E-state index contributed by atoms with van der Waals surface area (Å²) in [5, 5.41) is 17.3. The number of thiophene rings is 1. The number of nitrogens with zero attached hydrogens (tertiary/aromatic N) is 4. The highest BCUT2D eigenvalue weighted by Gasteiger charge is 2.24. The summed E-state index contributed by atoms with van der Waals surface area (Å²) < 4.78 is 1.56. The average Bonchev–Trinajstić information content (AvgIpc) is 3.08. The summed E-state index contributed by atoms with van der Waals surface area (Å²) in [5.41, 5.74) is 2.16. The molecule has 1 aliphatic rings. The molecule has 0 saturated carbocycles. The highest BCUT2D eigenvalue weighted by Crippen LogP contribution is 2.25. The van der Waals surface area contributed by atoms with Crippen molar-refractivity contribution in [2.24, 2.45) is 0 Å². The largest absolute Gasteiger partial charge is 0.338 e. The van der Waals surface area contributed by atoms with Crippen LogP contribution in [0.15, 0.2) is 11.4 Å². The second kappa shape index (κ2) is 6.11. The Balaban J connectivity index is 1.64. The SMILES string of the molecule is Cc1nn(CCC(=O)N2CCc3sccc3C2)c(C)c1[N+](=O)[O-]. The number of carbonyl (C=O) groups excluding carboxylic acids is 1. The molecular weight excluding hydrogens is 316 g/mol. The van der Waals surface area contributed by atoms with Crippen molar-refractivity contribution in [1.82, 2.24) is 14.7 Å². The predicted octanol–water partition coefficient (Wildman–Crippen LogP) is 2.44. The molecule has 0 atom stereocenters. The second-order valence-corrected chi connectivity index (χ2v) is 6.68. The summed E-state index contributed by atoms with van der Waals surface area (Å²) in [6.45, 7) is 5.05. The number of fused-ring (bicyclic) bond motifs is 1. The van der Waals surface area contributed by atoms with Gasteiger partial charge in [-0.25, -0.2) is 0 Å². The Labute approximate surface area is 137 Å². The molecule has 0 unspecified atom stereocenters. The number of aryl methyl sites for hydroxylation is 2. The average molecular weight is 334 g/mol. The molecule has 0 aromatic carbocycles. The van der Waals surface area contributed by atoms with Crippen molar-refractivity contribution in [2.75, 3.05) is 6.54 Å². The van der Waals surface area contributed by atoms with Crippen molar-refractivity contribution < 1.29 is 9.72 Å². The van der Waals surface area contributed by atoms with Crippen molar-refractivity contribution in [1.29, 1.82) is 0 Å². The Morgan fingerprint density at radius 2 is 2.26 bits per heavy atom. The number of nitro groups is 1. The minimum Gasteiger partial charge on any atom is -0.338 e. The molecular formula is C15H18N4O3S.